The Hall–Kier alpha value is -1.04. The number of furan rings is 1. The lowest BCUT2D eigenvalue weighted by Gasteiger charge is -2.05. The quantitative estimate of drug-likeness (QED) is 0.793. The molecule has 0 saturated carbocycles. The highest BCUT2D eigenvalue weighted by Crippen LogP contribution is 2.27. The molecule has 1 aromatic carbocycles. The maximum Gasteiger partial charge on any atom is 0.291 e. The molecule has 0 spiro atoms. The van der Waals surface area contributed by atoms with Crippen molar-refractivity contribution in [2.75, 3.05) is 5.32 Å². The Balaban J connectivity index is 2.22. The van der Waals surface area contributed by atoms with E-state index in [2.05, 4.69) is 21.2 Å². The van der Waals surface area contributed by atoms with Gasteiger partial charge < -0.3 is 9.73 Å². The highest BCUT2D eigenvalue weighted by molar-refractivity contribution is 9.10. The van der Waals surface area contributed by atoms with Crippen LogP contribution in [0.2, 0.25) is 10.0 Å². The first-order chi connectivity index (χ1) is 8.47. The predicted octanol–water partition coefficient (Wildman–Crippen LogP) is 4.74. The number of hydrogen-bond donors (Lipinski definition) is 1. The molecule has 1 N–H and O–H groups in total. The van der Waals surface area contributed by atoms with Crippen LogP contribution < -0.4 is 5.32 Å². The number of nitrogens with one attached hydrogen (secondary N) is 1. The van der Waals surface area contributed by atoms with E-state index in [1.807, 2.05) is 0 Å². The molecule has 0 saturated heterocycles. The van der Waals surface area contributed by atoms with Gasteiger partial charge in [-0.15, -0.1) is 0 Å². The van der Waals surface area contributed by atoms with E-state index in [0.717, 1.165) is 0 Å². The first-order valence-electron chi connectivity index (χ1n) is 4.68. The van der Waals surface area contributed by atoms with Crippen LogP contribution in [-0.4, -0.2) is 5.91 Å². The van der Waals surface area contributed by atoms with Gasteiger partial charge in [-0.05, 0) is 40.2 Å². The summed E-state index contributed by atoms with van der Waals surface area (Å²) in [5, 5.41) is 2.16. The maximum atomic E-state index is 13.2. The molecule has 0 unspecified atom stereocenters. The molecule has 1 aromatic heterocycles. The number of carbonyl (C=O) groups excluding carboxylic acids is 1. The number of anilines is 1. The van der Waals surface area contributed by atoms with Gasteiger partial charge in [-0.1, -0.05) is 23.2 Å². The van der Waals surface area contributed by atoms with Gasteiger partial charge in [-0.2, -0.15) is 0 Å². The monoisotopic (exact) mass is 351 g/mol. The van der Waals surface area contributed by atoms with E-state index in [0.29, 0.717) is 4.67 Å². The minimum atomic E-state index is -0.725. The van der Waals surface area contributed by atoms with Crippen LogP contribution in [0.5, 0.6) is 0 Å². The summed E-state index contributed by atoms with van der Waals surface area (Å²) < 4.78 is 18.7. The molecule has 2 aromatic rings. The second kappa shape index (κ2) is 5.30. The summed E-state index contributed by atoms with van der Waals surface area (Å²) in [6.45, 7) is 0. The molecule has 0 radical (unpaired) electrons. The van der Waals surface area contributed by atoms with Gasteiger partial charge in [-0.25, -0.2) is 4.39 Å². The van der Waals surface area contributed by atoms with E-state index in [1.165, 1.54) is 18.2 Å². The molecule has 2 rings (SSSR count). The van der Waals surface area contributed by atoms with Crippen molar-refractivity contribution in [2.45, 2.75) is 0 Å². The molecular weight excluding hydrogens is 348 g/mol. The van der Waals surface area contributed by atoms with Gasteiger partial charge in [0.15, 0.2) is 16.2 Å². The topological polar surface area (TPSA) is 42.2 Å². The third-order valence-electron chi connectivity index (χ3n) is 2.04. The molecule has 1 heterocycles. The molecule has 1 amide bonds. The highest BCUT2D eigenvalue weighted by Gasteiger charge is 2.13. The SMILES string of the molecule is O=C(Nc1cc(Cl)c(F)c(Cl)c1)c1ccc(Br)o1. The number of hydrogen-bond acceptors (Lipinski definition) is 2. The van der Waals surface area contributed by atoms with Crippen LogP contribution in [-0.2, 0) is 0 Å². The first kappa shape index (κ1) is 13.4. The summed E-state index contributed by atoms with van der Waals surface area (Å²) >= 11 is 14.3. The lowest BCUT2D eigenvalue weighted by Crippen LogP contribution is -2.10. The molecule has 3 nitrogen and oxygen atoms in total. The van der Waals surface area contributed by atoms with Gasteiger partial charge in [0.2, 0.25) is 0 Å². The zero-order valence-corrected chi connectivity index (χ0v) is 11.7. The van der Waals surface area contributed by atoms with Gasteiger partial charge in [0.1, 0.15) is 0 Å². The first-order valence-corrected chi connectivity index (χ1v) is 6.23. The van der Waals surface area contributed by atoms with Crippen molar-refractivity contribution >= 4 is 50.7 Å². The number of halogens is 4. The summed E-state index contributed by atoms with van der Waals surface area (Å²) in [4.78, 5) is 11.7. The number of benzene rings is 1. The summed E-state index contributed by atoms with van der Waals surface area (Å²) in [7, 11) is 0. The largest absolute Gasteiger partial charge is 0.444 e. The Morgan fingerprint density at radius 2 is 1.89 bits per heavy atom. The van der Waals surface area contributed by atoms with Crippen molar-refractivity contribution < 1.29 is 13.6 Å². The molecule has 0 bridgehead atoms. The van der Waals surface area contributed by atoms with E-state index in [-0.39, 0.29) is 21.5 Å². The Morgan fingerprint density at radius 1 is 1.28 bits per heavy atom. The third kappa shape index (κ3) is 2.85. The normalized spacial score (nSPS) is 10.4. The summed E-state index contributed by atoms with van der Waals surface area (Å²) in [5.74, 6) is -1.10. The Morgan fingerprint density at radius 3 is 2.39 bits per heavy atom. The molecule has 0 atom stereocenters. The second-order valence-electron chi connectivity index (χ2n) is 3.31. The molecule has 18 heavy (non-hydrogen) atoms. The second-order valence-corrected chi connectivity index (χ2v) is 4.91. The standard InChI is InChI=1S/C11H5BrCl2FNO2/c12-9-2-1-8(18-9)11(17)16-5-3-6(13)10(15)7(14)4-5/h1-4H,(H,16,17). The molecule has 0 aliphatic heterocycles. The fourth-order valence-electron chi connectivity index (χ4n) is 1.26. The van der Waals surface area contributed by atoms with Gasteiger partial charge in [0, 0.05) is 5.69 Å². The van der Waals surface area contributed by atoms with Crippen molar-refractivity contribution in [1.29, 1.82) is 0 Å². The van der Waals surface area contributed by atoms with Crippen molar-refractivity contribution in [2.24, 2.45) is 0 Å². The molecule has 94 valence electrons. The summed E-state index contributed by atoms with van der Waals surface area (Å²) in [5.41, 5.74) is 0.281. The van der Waals surface area contributed by atoms with E-state index < -0.39 is 11.7 Å². The average Bonchev–Trinajstić information content (AvgIpc) is 2.72. The smallest absolute Gasteiger partial charge is 0.291 e. The average molecular weight is 353 g/mol. The van der Waals surface area contributed by atoms with Gasteiger partial charge in [0.25, 0.3) is 5.91 Å². The van der Waals surface area contributed by atoms with Crippen LogP contribution >= 0.6 is 39.1 Å². The van der Waals surface area contributed by atoms with E-state index >= 15 is 0 Å². The van der Waals surface area contributed by atoms with Crippen LogP contribution in [0.3, 0.4) is 0 Å². The van der Waals surface area contributed by atoms with Crippen LogP contribution in [0.1, 0.15) is 10.6 Å². The highest BCUT2D eigenvalue weighted by atomic mass is 79.9. The minimum Gasteiger partial charge on any atom is -0.444 e. The van der Waals surface area contributed by atoms with Gasteiger partial charge in [0.05, 0.1) is 10.0 Å². The van der Waals surface area contributed by atoms with Gasteiger partial charge in [-0.3, -0.25) is 4.79 Å². The van der Waals surface area contributed by atoms with Gasteiger partial charge >= 0.3 is 0 Å². The maximum absolute atomic E-state index is 13.2. The summed E-state index contributed by atoms with van der Waals surface area (Å²) in [6.07, 6.45) is 0. The Bertz CT molecular complexity index is 592. The zero-order valence-electron chi connectivity index (χ0n) is 8.64. The van der Waals surface area contributed by atoms with Crippen LogP contribution in [0, 0.1) is 5.82 Å². The van der Waals surface area contributed by atoms with Crippen LogP contribution in [0.4, 0.5) is 10.1 Å². The fourth-order valence-corrected chi connectivity index (χ4v) is 2.05. The molecular formula is C11H5BrCl2FNO2. The van der Waals surface area contributed by atoms with E-state index in [1.54, 1.807) is 6.07 Å². The third-order valence-corrected chi connectivity index (χ3v) is 3.01. The zero-order chi connectivity index (χ0) is 13.3. The van der Waals surface area contributed by atoms with Crippen molar-refractivity contribution in [3.63, 3.8) is 0 Å². The van der Waals surface area contributed by atoms with E-state index in [4.69, 9.17) is 27.6 Å². The number of amides is 1. The van der Waals surface area contributed by atoms with Crippen LogP contribution in [0.25, 0.3) is 0 Å². The Labute approximate surface area is 120 Å². The van der Waals surface area contributed by atoms with E-state index in [9.17, 15) is 9.18 Å². The number of carbonyl (C=O) groups is 1. The molecule has 7 heteroatoms. The van der Waals surface area contributed by atoms with Crippen molar-refractivity contribution in [1.82, 2.24) is 0 Å². The summed E-state index contributed by atoms with van der Waals surface area (Å²) in [6, 6.07) is 5.60. The Kier molecular flexibility index (Phi) is 3.94. The van der Waals surface area contributed by atoms with Crippen LogP contribution in [0.15, 0.2) is 33.4 Å². The lowest BCUT2D eigenvalue weighted by molar-refractivity contribution is 0.0995. The minimum absolute atomic E-state index is 0.110. The lowest BCUT2D eigenvalue weighted by atomic mass is 10.3. The fraction of sp³-hybridized carbons (Fsp3) is 0. The van der Waals surface area contributed by atoms with Crippen molar-refractivity contribution in [3.8, 4) is 0 Å². The molecule has 0 aliphatic carbocycles. The predicted molar refractivity (Wildman–Crippen MR) is 70.8 cm³/mol. The molecule has 0 aliphatic rings. The van der Waals surface area contributed by atoms with Crippen molar-refractivity contribution in [3.05, 3.63) is 50.6 Å². The molecule has 0 fully saturated rings. The number of rotatable bonds is 2.